The van der Waals surface area contributed by atoms with Gasteiger partial charge in [-0.2, -0.15) is 0 Å². The minimum Gasteiger partial charge on any atom is -0.496 e. The number of aryl methyl sites for hydroxylation is 1. The molecule has 4 rings (SSSR count). The molecule has 0 amide bonds. The van der Waals surface area contributed by atoms with E-state index in [0.29, 0.717) is 48.0 Å². The second-order valence-electron chi connectivity index (χ2n) is 9.65. The zero-order chi connectivity index (χ0) is 27.9. The number of aliphatic hydroxyl groups is 3. The van der Waals surface area contributed by atoms with Crippen LogP contribution in [0.4, 0.5) is 0 Å². The average Bonchev–Trinajstić information content (AvgIpc) is 3.36. The van der Waals surface area contributed by atoms with Crippen LogP contribution in [0.2, 0.25) is 0 Å². The molecule has 8 heteroatoms. The molecule has 3 atom stereocenters. The van der Waals surface area contributed by atoms with Crippen LogP contribution >= 0.6 is 0 Å². The number of hydrogen-bond acceptors (Lipinski definition) is 8. The van der Waals surface area contributed by atoms with E-state index in [0.717, 1.165) is 27.8 Å². The minimum atomic E-state index is -0.437. The van der Waals surface area contributed by atoms with Gasteiger partial charge in [-0.05, 0) is 65.8 Å². The Morgan fingerprint density at radius 3 is 2.13 bits per heavy atom. The molecule has 0 saturated carbocycles. The first kappa shape index (κ1) is 28.5. The minimum absolute atomic E-state index is 0.0670. The van der Waals surface area contributed by atoms with Gasteiger partial charge >= 0.3 is 0 Å². The van der Waals surface area contributed by atoms with Crippen LogP contribution in [0, 0.1) is 0 Å². The number of benzene rings is 3. The Hall–Kier alpha value is -3.46. The van der Waals surface area contributed by atoms with Crippen LogP contribution in [0.3, 0.4) is 0 Å². The van der Waals surface area contributed by atoms with Gasteiger partial charge in [0.25, 0.3) is 0 Å². The van der Waals surface area contributed by atoms with Crippen LogP contribution in [-0.2, 0) is 12.8 Å². The quantitative estimate of drug-likeness (QED) is 0.298. The highest BCUT2D eigenvalue weighted by Gasteiger charge is 2.38. The van der Waals surface area contributed by atoms with Gasteiger partial charge in [0.1, 0.15) is 11.9 Å². The highest BCUT2D eigenvalue weighted by Crippen LogP contribution is 2.51. The van der Waals surface area contributed by atoms with Crippen molar-refractivity contribution in [2.24, 2.45) is 0 Å². The van der Waals surface area contributed by atoms with Crippen molar-refractivity contribution in [1.29, 1.82) is 0 Å². The van der Waals surface area contributed by atoms with E-state index in [1.807, 2.05) is 48.5 Å². The molecule has 1 aliphatic rings. The molecule has 0 fully saturated rings. The Kier molecular flexibility index (Phi) is 9.56. The van der Waals surface area contributed by atoms with Crippen molar-refractivity contribution < 1.29 is 39.0 Å². The van der Waals surface area contributed by atoms with Gasteiger partial charge < -0.3 is 39.0 Å². The first-order valence-electron chi connectivity index (χ1n) is 13.1. The lowest BCUT2D eigenvalue weighted by molar-refractivity contribution is 0.157. The Bertz CT molecular complexity index is 1260. The highest BCUT2D eigenvalue weighted by molar-refractivity contribution is 5.56. The number of rotatable bonds is 13. The molecule has 1 heterocycles. The van der Waals surface area contributed by atoms with Crippen molar-refractivity contribution in [1.82, 2.24) is 0 Å². The Labute approximate surface area is 229 Å². The summed E-state index contributed by atoms with van der Waals surface area (Å²) in [7, 11) is 6.40. The molecule has 1 unspecified atom stereocenters. The van der Waals surface area contributed by atoms with Gasteiger partial charge in [-0.1, -0.05) is 24.3 Å². The number of fused-ring (bicyclic) bond motifs is 1. The number of hydrogen-bond donors (Lipinski definition) is 3. The van der Waals surface area contributed by atoms with Crippen LogP contribution in [0.15, 0.2) is 48.5 Å². The van der Waals surface area contributed by atoms with Crippen LogP contribution in [0.5, 0.6) is 28.7 Å². The molecule has 0 aliphatic carbocycles. The standard InChI is InChI=1S/C31H38O8/c1-35-26-10-7-20(14-28(26)37-3)12-22(17-33)23-9-8-21(16-27(23)36-2)30-25(18-34)24-13-19(6-5-11-32)15-29(38-4)31(24)39-30/h7-10,13-16,22,25,30,32-34H,5-6,11-12,17-18H2,1-4H3/t22?,25-,30+/m1/s1. The maximum atomic E-state index is 10.4. The molecule has 0 saturated heterocycles. The zero-order valence-electron chi connectivity index (χ0n) is 23.0. The Morgan fingerprint density at radius 2 is 1.49 bits per heavy atom. The lowest BCUT2D eigenvalue weighted by atomic mass is 9.87. The topological polar surface area (TPSA) is 107 Å². The molecule has 0 spiro atoms. The summed E-state index contributed by atoms with van der Waals surface area (Å²) < 4.78 is 28.6. The molecular weight excluding hydrogens is 500 g/mol. The second-order valence-corrected chi connectivity index (χ2v) is 9.65. The third-order valence-corrected chi connectivity index (χ3v) is 7.37. The normalized spacial score (nSPS) is 16.8. The Balaban J connectivity index is 1.63. The van der Waals surface area contributed by atoms with E-state index < -0.39 is 6.10 Å². The third-order valence-electron chi connectivity index (χ3n) is 7.37. The summed E-state index contributed by atoms with van der Waals surface area (Å²) in [4.78, 5) is 0. The number of ether oxygens (including phenoxy) is 5. The summed E-state index contributed by atoms with van der Waals surface area (Å²) in [6.45, 7) is -0.0651. The van der Waals surface area contributed by atoms with Crippen LogP contribution in [0.1, 0.15) is 52.2 Å². The molecule has 0 aromatic heterocycles. The summed E-state index contributed by atoms with van der Waals surface area (Å²) in [6.07, 6.45) is 1.48. The van der Waals surface area contributed by atoms with E-state index in [1.165, 1.54) is 0 Å². The van der Waals surface area contributed by atoms with Gasteiger partial charge in [-0.25, -0.2) is 0 Å². The summed E-state index contributed by atoms with van der Waals surface area (Å²) >= 11 is 0. The fourth-order valence-corrected chi connectivity index (χ4v) is 5.34. The van der Waals surface area contributed by atoms with Crippen molar-refractivity contribution in [2.75, 3.05) is 48.3 Å². The second kappa shape index (κ2) is 13.1. The molecule has 3 aromatic carbocycles. The van der Waals surface area contributed by atoms with Crippen molar-refractivity contribution >= 4 is 0 Å². The third kappa shape index (κ3) is 5.93. The summed E-state index contributed by atoms with van der Waals surface area (Å²) in [5, 5.41) is 30.0. The van der Waals surface area contributed by atoms with Gasteiger partial charge in [-0.3, -0.25) is 0 Å². The lowest BCUT2D eigenvalue weighted by Gasteiger charge is -2.22. The predicted molar refractivity (Wildman–Crippen MR) is 148 cm³/mol. The molecule has 0 radical (unpaired) electrons. The van der Waals surface area contributed by atoms with E-state index in [9.17, 15) is 15.3 Å². The molecule has 39 heavy (non-hydrogen) atoms. The summed E-state index contributed by atoms with van der Waals surface area (Å²) in [5.41, 5.74) is 4.64. The fraction of sp³-hybridized carbons (Fsp3) is 0.419. The molecule has 210 valence electrons. The van der Waals surface area contributed by atoms with Gasteiger partial charge in [0.2, 0.25) is 0 Å². The van der Waals surface area contributed by atoms with E-state index in [2.05, 4.69) is 0 Å². The van der Waals surface area contributed by atoms with Crippen LogP contribution < -0.4 is 23.7 Å². The smallest absolute Gasteiger partial charge is 0.165 e. The summed E-state index contributed by atoms with van der Waals surface area (Å²) in [6, 6.07) is 15.5. The maximum absolute atomic E-state index is 10.4. The monoisotopic (exact) mass is 538 g/mol. The van der Waals surface area contributed by atoms with Gasteiger partial charge in [0, 0.05) is 18.1 Å². The van der Waals surface area contributed by atoms with Crippen molar-refractivity contribution in [3.8, 4) is 28.7 Å². The van der Waals surface area contributed by atoms with Gasteiger partial charge in [-0.15, -0.1) is 0 Å². The maximum Gasteiger partial charge on any atom is 0.165 e. The van der Waals surface area contributed by atoms with Crippen molar-refractivity contribution in [2.45, 2.75) is 37.2 Å². The molecule has 0 bridgehead atoms. The van der Waals surface area contributed by atoms with Crippen LogP contribution in [0.25, 0.3) is 0 Å². The van der Waals surface area contributed by atoms with Crippen molar-refractivity contribution in [3.63, 3.8) is 0 Å². The SMILES string of the molecule is COc1ccc(CC(CO)c2ccc([C@@H]3Oc4c(OC)cc(CCCO)cc4[C@H]3CO)cc2OC)cc1OC. The predicted octanol–water partition coefficient (Wildman–Crippen LogP) is 4.17. The first-order chi connectivity index (χ1) is 19.0. The molecule has 8 nitrogen and oxygen atoms in total. The Morgan fingerprint density at radius 1 is 0.769 bits per heavy atom. The molecule has 1 aliphatic heterocycles. The van der Waals surface area contributed by atoms with Crippen molar-refractivity contribution in [3.05, 3.63) is 76.3 Å². The first-order valence-corrected chi connectivity index (χ1v) is 13.1. The molecular formula is C31H38O8. The van der Waals surface area contributed by atoms with E-state index in [4.69, 9.17) is 23.7 Å². The van der Waals surface area contributed by atoms with E-state index in [-0.39, 0.29) is 31.7 Å². The van der Waals surface area contributed by atoms with Crippen LogP contribution in [-0.4, -0.2) is 63.6 Å². The fourth-order valence-electron chi connectivity index (χ4n) is 5.34. The number of aliphatic hydroxyl groups excluding tert-OH is 3. The van der Waals surface area contributed by atoms with E-state index >= 15 is 0 Å². The number of methoxy groups -OCH3 is 4. The van der Waals surface area contributed by atoms with Gasteiger partial charge in [0.05, 0.1) is 47.6 Å². The lowest BCUT2D eigenvalue weighted by Crippen LogP contribution is -2.15. The molecule has 3 aromatic rings. The molecule has 3 N–H and O–H groups in total. The van der Waals surface area contributed by atoms with E-state index in [1.54, 1.807) is 28.4 Å². The largest absolute Gasteiger partial charge is 0.496 e. The highest BCUT2D eigenvalue weighted by atomic mass is 16.5. The zero-order valence-corrected chi connectivity index (χ0v) is 23.0. The average molecular weight is 539 g/mol. The summed E-state index contributed by atoms with van der Waals surface area (Å²) in [5.74, 6) is 2.66. The van der Waals surface area contributed by atoms with Gasteiger partial charge in [0.15, 0.2) is 23.0 Å².